The summed E-state index contributed by atoms with van der Waals surface area (Å²) in [5, 5.41) is 0. The van der Waals surface area contributed by atoms with Crippen LogP contribution in [0.2, 0.25) is 0 Å². The van der Waals surface area contributed by atoms with Gasteiger partial charge in [0.05, 0.1) is 13.2 Å². The van der Waals surface area contributed by atoms with Gasteiger partial charge >= 0.3 is 0 Å². The Hall–Kier alpha value is -1.55. The van der Waals surface area contributed by atoms with Gasteiger partial charge in [0, 0.05) is 20.2 Å². The Labute approximate surface area is 121 Å². The smallest absolute Gasteiger partial charge is 0.191 e. The minimum atomic E-state index is 0.620. The number of aliphatic imine (C=N–C) groups is 1. The van der Waals surface area contributed by atoms with Gasteiger partial charge in [0.25, 0.3) is 0 Å². The van der Waals surface area contributed by atoms with Crippen molar-refractivity contribution < 1.29 is 4.74 Å². The van der Waals surface area contributed by atoms with Crippen molar-refractivity contribution in [2.45, 2.75) is 38.8 Å². The number of guanidine groups is 1. The molecule has 2 N–H and O–H groups in total. The highest BCUT2D eigenvalue weighted by Crippen LogP contribution is 2.12. The minimum absolute atomic E-state index is 0.620. The Kier molecular flexibility index (Phi) is 5.87. The van der Waals surface area contributed by atoms with Crippen molar-refractivity contribution in [2.24, 2.45) is 10.7 Å². The van der Waals surface area contributed by atoms with Crippen molar-refractivity contribution in [3.8, 4) is 0 Å². The van der Waals surface area contributed by atoms with Crippen LogP contribution in [0.4, 0.5) is 0 Å². The molecule has 1 aromatic rings. The second-order valence-electron chi connectivity index (χ2n) is 5.28. The van der Waals surface area contributed by atoms with Crippen molar-refractivity contribution in [1.29, 1.82) is 0 Å². The van der Waals surface area contributed by atoms with Crippen LogP contribution in [-0.4, -0.2) is 31.1 Å². The van der Waals surface area contributed by atoms with E-state index >= 15 is 0 Å². The summed E-state index contributed by atoms with van der Waals surface area (Å²) >= 11 is 0. The van der Waals surface area contributed by atoms with Gasteiger partial charge in [-0.25, -0.2) is 4.99 Å². The van der Waals surface area contributed by atoms with Gasteiger partial charge in [-0.2, -0.15) is 0 Å². The van der Waals surface area contributed by atoms with Crippen LogP contribution in [-0.2, 0) is 17.9 Å². The predicted octanol–water partition coefficient (Wildman–Crippen LogP) is 2.52. The van der Waals surface area contributed by atoms with Gasteiger partial charge < -0.3 is 15.4 Å². The lowest BCUT2D eigenvalue weighted by Gasteiger charge is -2.21. The largest absolute Gasteiger partial charge is 0.380 e. The highest BCUT2D eigenvalue weighted by atomic mass is 16.5. The van der Waals surface area contributed by atoms with Gasteiger partial charge in [-0.1, -0.05) is 37.1 Å². The van der Waals surface area contributed by atoms with Crippen molar-refractivity contribution in [3.05, 3.63) is 35.4 Å². The van der Waals surface area contributed by atoms with E-state index in [4.69, 9.17) is 10.5 Å². The molecular weight excluding hydrogens is 250 g/mol. The molecule has 1 aromatic carbocycles. The van der Waals surface area contributed by atoms with E-state index in [2.05, 4.69) is 22.0 Å². The zero-order chi connectivity index (χ0) is 14.2. The van der Waals surface area contributed by atoms with Crippen molar-refractivity contribution >= 4 is 5.96 Å². The van der Waals surface area contributed by atoms with E-state index in [0.717, 1.165) is 13.1 Å². The van der Waals surface area contributed by atoms with E-state index < -0.39 is 0 Å². The van der Waals surface area contributed by atoms with E-state index in [1.165, 1.54) is 36.8 Å². The molecule has 1 fully saturated rings. The first-order valence-corrected chi connectivity index (χ1v) is 7.42. The Morgan fingerprint density at radius 2 is 1.80 bits per heavy atom. The summed E-state index contributed by atoms with van der Waals surface area (Å²) < 4.78 is 5.22. The number of likely N-dealkylation sites (tertiary alicyclic amines) is 1. The molecule has 0 aliphatic carbocycles. The first-order valence-electron chi connectivity index (χ1n) is 7.42. The van der Waals surface area contributed by atoms with E-state index in [-0.39, 0.29) is 0 Å². The van der Waals surface area contributed by atoms with Crippen LogP contribution in [0.25, 0.3) is 0 Å². The molecule has 2 rings (SSSR count). The number of hydrogen-bond acceptors (Lipinski definition) is 2. The number of ether oxygens (including phenoxy) is 1. The molecule has 0 saturated carbocycles. The van der Waals surface area contributed by atoms with E-state index in [0.29, 0.717) is 19.1 Å². The lowest BCUT2D eigenvalue weighted by Crippen LogP contribution is -2.38. The maximum absolute atomic E-state index is 6.13. The molecule has 4 heteroatoms. The fraction of sp³-hybridized carbons (Fsp3) is 0.562. The first kappa shape index (κ1) is 14.9. The summed E-state index contributed by atoms with van der Waals surface area (Å²) in [5.74, 6) is 0.680. The van der Waals surface area contributed by atoms with Gasteiger partial charge in [0.1, 0.15) is 0 Å². The van der Waals surface area contributed by atoms with Crippen LogP contribution in [0.15, 0.2) is 29.3 Å². The number of benzene rings is 1. The molecule has 0 spiro atoms. The summed E-state index contributed by atoms with van der Waals surface area (Å²) in [6.45, 7) is 3.32. The van der Waals surface area contributed by atoms with Crippen molar-refractivity contribution in [3.63, 3.8) is 0 Å². The van der Waals surface area contributed by atoms with Crippen LogP contribution in [0.1, 0.15) is 36.8 Å². The van der Waals surface area contributed by atoms with Gasteiger partial charge in [-0.05, 0) is 24.0 Å². The zero-order valence-corrected chi connectivity index (χ0v) is 12.3. The molecule has 1 heterocycles. The van der Waals surface area contributed by atoms with E-state index in [1.54, 1.807) is 7.11 Å². The standard InChI is InChI=1S/C16H25N3O/c1-20-13-15-9-5-4-8-14(15)12-18-16(17)19-10-6-2-3-7-11-19/h4-5,8-9H,2-3,6-7,10-13H2,1H3,(H2,17,18). The van der Waals surface area contributed by atoms with Crippen molar-refractivity contribution in [2.75, 3.05) is 20.2 Å². The average Bonchev–Trinajstić information content (AvgIpc) is 2.75. The van der Waals surface area contributed by atoms with Crippen LogP contribution < -0.4 is 5.73 Å². The number of nitrogens with two attached hydrogens (primary N) is 1. The third-order valence-corrected chi connectivity index (χ3v) is 3.76. The summed E-state index contributed by atoms with van der Waals surface area (Å²) in [7, 11) is 1.71. The number of hydrogen-bond donors (Lipinski definition) is 1. The lowest BCUT2D eigenvalue weighted by molar-refractivity contribution is 0.184. The molecule has 0 aromatic heterocycles. The fourth-order valence-corrected chi connectivity index (χ4v) is 2.57. The maximum Gasteiger partial charge on any atom is 0.191 e. The van der Waals surface area contributed by atoms with Crippen molar-refractivity contribution in [1.82, 2.24) is 4.90 Å². The molecule has 0 bridgehead atoms. The molecule has 0 amide bonds. The Bertz CT molecular complexity index is 437. The molecule has 1 aliphatic heterocycles. The molecule has 0 atom stereocenters. The second-order valence-corrected chi connectivity index (χ2v) is 5.28. The summed E-state index contributed by atoms with van der Waals surface area (Å²) in [5.41, 5.74) is 8.50. The maximum atomic E-state index is 6.13. The first-order chi connectivity index (χ1) is 9.81. The molecule has 110 valence electrons. The van der Waals surface area contributed by atoms with Gasteiger partial charge in [-0.15, -0.1) is 0 Å². The molecule has 1 aliphatic rings. The molecule has 4 nitrogen and oxygen atoms in total. The monoisotopic (exact) mass is 275 g/mol. The summed E-state index contributed by atoms with van der Waals surface area (Å²) in [4.78, 5) is 6.78. The van der Waals surface area contributed by atoms with Crippen LogP contribution in [0.5, 0.6) is 0 Å². The molecule has 1 saturated heterocycles. The predicted molar refractivity (Wildman–Crippen MR) is 82.5 cm³/mol. The Morgan fingerprint density at radius 1 is 1.15 bits per heavy atom. The topological polar surface area (TPSA) is 50.9 Å². The van der Waals surface area contributed by atoms with Crippen LogP contribution in [0.3, 0.4) is 0 Å². The van der Waals surface area contributed by atoms with E-state index in [9.17, 15) is 0 Å². The highest BCUT2D eigenvalue weighted by molar-refractivity contribution is 5.78. The molecular formula is C16H25N3O. The van der Waals surface area contributed by atoms with Crippen LogP contribution >= 0.6 is 0 Å². The second kappa shape index (κ2) is 7.90. The van der Waals surface area contributed by atoms with Gasteiger partial charge in [-0.3, -0.25) is 0 Å². The number of methoxy groups -OCH3 is 1. The molecule has 0 unspecified atom stereocenters. The number of rotatable bonds is 4. The van der Waals surface area contributed by atoms with E-state index in [1.807, 2.05) is 12.1 Å². The van der Waals surface area contributed by atoms with Gasteiger partial charge in [0.15, 0.2) is 5.96 Å². The number of nitrogens with zero attached hydrogens (tertiary/aromatic N) is 2. The molecule has 0 radical (unpaired) electrons. The summed E-state index contributed by atoms with van der Waals surface area (Å²) in [6, 6.07) is 8.23. The fourth-order valence-electron chi connectivity index (χ4n) is 2.57. The SMILES string of the molecule is COCc1ccccc1CN=C(N)N1CCCCCC1. The summed E-state index contributed by atoms with van der Waals surface area (Å²) in [6.07, 6.45) is 5.05. The van der Waals surface area contributed by atoms with Gasteiger partial charge in [0.2, 0.25) is 0 Å². The third-order valence-electron chi connectivity index (χ3n) is 3.76. The Balaban J connectivity index is 2.00. The minimum Gasteiger partial charge on any atom is -0.380 e. The average molecular weight is 275 g/mol. The Morgan fingerprint density at radius 3 is 2.45 bits per heavy atom. The zero-order valence-electron chi connectivity index (χ0n) is 12.3. The highest BCUT2D eigenvalue weighted by Gasteiger charge is 2.10. The quantitative estimate of drug-likeness (QED) is 0.678. The normalized spacial score (nSPS) is 17.1. The third kappa shape index (κ3) is 4.23. The van der Waals surface area contributed by atoms with Crippen LogP contribution in [0, 0.1) is 0 Å². The lowest BCUT2D eigenvalue weighted by atomic mass is 10.1. The molecule has 20 heavy (non-hydrogen) atoms.